The molecular formula is C22H28N2O4. The number of rotatable bonds is 5. The minimum Gasteiger partial charge on any atom is -0.486 e. The lowest BCUT2D eigenvalue weighted by molar-refractivity contribution is -0.0615. The number of nitrogens with one attached hydrogen (secondary N) is 1. The van der Waals surface area contributed by atoms with Crippen molar-refractivity contribution in [1.82, 2.24) is 10.5 Å². The topological polar surface area (TPSA) is 73.6 Å². The molecule has 1 aromatic heterocycles. The fourth-order valence-electron chi connectivity index (χ4n) is 4.06. The van der Waals surface area contributed by atoms with Gasteiger partial charge in [-0.15, -0.1) is 0 Å². The van der Waals surface area contributed by atoms with E-state index < -0.39 is 0 Å². The van der Waals surface area contributed by atoms with E-state index in [0.29, 0.717) is 12.4 Å². The van der Waals surface area contributed by atoms with Gasteiger partial charge in [0.25, 0.3) is 5.91 Å². The molecule has 0 unspecified atom stereocenters. The number of carbonyl (C=O) groups is 1. The third-order valence-electron chi connectivity index (χ3n) is 5.52. The van der Waals surface area contributed by atoms with Crippen molar-refractivity contribution in [2.24, 2.45) is 0 Å². The molecule has 150 valence electrons. The highest BCUT2D eigenvalue weighted by Gasteiger charge is 2.30. The van der Waals surface area contributed by atoms with E-state index in [0.717, 1.165) is 31.4 Å². The molecule has 2 aliphatic rings. The van der Waals surface area contributed by atoms with Crippen molar-refractivity contribution in [2.45, 2.75) is 70.6 Å². The summed E-state index contributed by atoms with van der Waals surface area (Å²) >= 11 is 0. The van der Waals surface area contributed by atoms with Crippen LogP contribution in [-0.4, -0.2) is 29.3 Å². The molecule has 4 rings (SSSR count). The summed E-state index contributed by atoms with van der Waals surface area (Å²) in [4.78, 5) is 12.5. The van der Waals surface area contributed by atoms with Crippen LogP contribution in [0.25, 0.3) is 0 Å². The smallest absolute Gasteiger partial charge is 0.273 e. The normalized spacial score (nSPS) is 21.0. The van der Waals surface area contributed by atoms with Crippen LogP contribution in [-0.2, 0) is 24.2 Å². The maximum absolute atomic E-state index is 12.5. The second kappa shape index (κ2) is 7.95. The number of aromatic nitrogens is 1. The number of ether oxygens (including phenoxy) is 2. The molecule has 1 atom stereocenters. The Morgan fingerprint density at radius 3 is 2.89 bits per heavy atom. The van der Waals surface area contributed by atoms with Gasteiger partial charge in [-0.25, -0.2) is 0 Å². The maximum atomic E-state index is 12.5. The summed E-state index contributed by atoms with van der Waals surface area (Å²) in [6.07, 6.45) is 6.36. The number of carbonyl (C=O) groups excluding carboxylic acids is 1. The first-order valence-electron chi connectivity index (χ1n) is 10.1. The van der Waals surface area contributed by atoms with Crippen LogP contribution >= 0.6 is 0 Å². The lowest BCUT2D eigenvalue weighted by Gasteiger charge is -2.35. The lowest BCUT2D eigenvalue weighted by Crippen LogP contribution is -2.45. The number of benzene rings is 1. The minimum atomic E-state index is -0.216. The van der Waals surface area contributed by atoms with Crippen LogP contribution in [0.1, 0.15) is 66.9 Å². The Labute approximate surface area is 165 Å². The summed E-state index contributed by atoms with van der Waals surface area (Å²) in [6, 6.07) is 8.01. The lowest BCUT2D eigenvalue weighted by atomic mass is 9.92. The molecule has 2 heterocycles. The first-order chi connectivity index (χ1) is 13.5. The van der Waals surface area contributed by atoms with E-state index in [1.165, 1.54) is 24.0 Å². The SMILES string of the molecule is CC1(C)C[C@@H](NC(=O)c2cc(COc3ccc4c(c3)CCCC4)on2)CCO1. The number of aryl methyl sites for hydroxylation is 2. The van der Waals surface area contributed by atoms with Gasteiger partial charge < -0.3 is 19.3 Å². The molecule has 1 saturated heterocycles. The number of fused-ring (bicyclic) bond motifs is 1. The Kier molecular flexibility index (Phi) is 5.40. The van der Waals surface area contributed by atoms with Crippen molar-refractivity contribution in [3.05, 3.63) is 46.8 Å². The molecule has 1 aromatic carbocycles. The Morgan fingerprint density at radius 2 is 2.07 bits per heavy atom. The molecule has 2 aromatic rings. The predicted molar refractivity (Wildman–Crippen MR) is 104 cm³/mol. The summed E-state index contributed by atoms with van der Waals surface area (Å²) in [5.74, 6) is 1.15. The van der Waals surface area contributed by atoms with Gasteiger partial charge in [-0.05, 0) is 75.6 Å². The molecule has 6 nitrogen and oxygen atoms in total. The zero-order valence-corrected chi connectivity index (χ0v) is 16.6. The van der Waals surface area contributed by atoms with Crippen LogP contribution in [0.5, 0.6) is 5.75 Å². The molecule has 1 N–H and O–H groups in total. The van der Waals surface area contributed by atoms with Crippen molar-refractivity contribution in [2.75, 3.05) is 6.61 Å². The standard InChI is InChI=1S/C22H28N2O4/c1-22(2)13-17(9-10-27-22)23-21(25)20-12-19(28-24-20)14-26-18-8-7-15-5-3-4-6-16(15)11-18/h7-8,11-12,17H,3-6,9-10,13-14H2,1-2H3,(H,23,25)/t17-/m0/s1. The molecule has 1 aliphatic carbocycles. The van der Waals surface area contributed by atoms with E-state index in [4.69, 9.17) is 14.0 Å². The fraction of sp³-hybridized carbons (Fsp3) is 0.545. The molecule has 6 heteroatoms. The minimum absolute atomic E-state index is 0.0862. The predicted octanol–water partition coefficient (Wildman–Crippen LogP) is 3.82. The molecule has 1 amide bonds. The van der Waals surface area contributed by atoms with Gasteiger partial charge >= 0.3 is 0 Å². The third kappa shape index (κ3) is 4.55. The van der Waals surface area contributed by atoms with Crippen molar-refractivity contribution in [3.8, 4) is 5.75 Å². The highest BCUT2D eigenvalue weighted by molar-refractivity contribution is 5.92. The van der Waals surface area contributed by atoms with Gasteiger partial charge in [-0.1, -0.05) is 11.2 Å². The molecule has 1 fully saturated rings. The van der Waals surface area contributed by atoms with Gasteiger partial charge in [-0.2, -0.15) is 0 Å². The van der Waals surface area contributed by atoms with Gasteiger partial charge in [0.2, 0.25) is 0 Å². The Balaban J connectivity index is 1.32. The van der Waals surface area contributed by atoms with Crippen LogP contribution in [0, 0.1) is 0 Å². The number of hydrogen-bond acceptors (Lipinski definition) is 5. The number of nitrogens with zero attached hydrogens (tertiary/aromatic N) is 1. The van der Waals surface area contributed by atoms with E-state index in [9.17, 15) is 4.79 Å². The largest absolute Gasteiger partial charge is 0.486 e. The van der Waals surface area contributed by atoms with Crippen LogP contribution < -0.4 is 10.1 Å². The van der Waals surface area contributed by atoms with E-state index in [1.807, 2.05) is 19.9 Å². The second-order valence-corrected chi connectivity index (χ2v) is 8.38. The van der Waals surface area contributed by atoms with Crippen LogP contribution in [0.4, 0.5) is 0 Å². The zero-order valence-electron chi connectivity index (χ0n) is 16.6. The molecule has 0 bridgehead atoms. The summed E-state index contributed by atoms with van der Waals surface area (Å²) in [7, 11) is 0. The third-order valence-corrected chi connectivity index (χ3v) is 5.52. The van der Waals surface area contributed by atoms with E-state index in [-0.39, 0.29) is 29.9 Å². The zero-order chi connectivity index (χ0) is 19.6. The van der Waals surface area contributed by atoms with Crippen molar-refractivity contribution in [3.63, 3.8) is 0 Å². The monoisotopic (exact) mass is 384 g/mol. The number of amides is 1. The fourth-order valence-corrected chi connectivity index (χ4v) is 4.06. The summed E-state index contributed by atoms with van der Waals surface area (Å²) < 4.78 is 16.8. The quantitative estimate of drug-likeness (QED) is 0.848. The van der Waals surface area contributed by atoms with Crippen molar-refractivity contribution < 1.29 is 18.8 Å². The van der Waals surface area contributed by atoms with E-state index in [2.05, 4.69) is 22.6 Å². The molecule has 28 heavy (non-hydrogen) atoms. The van der Waals surface area contributed by atoms with Crippen LogP contribution in [0.15, 0.2) is 28.8 Å². The molecule has 0 saturated carbocycles. The highest BCUT2D eigenvalue weighted by Crippen LogP contribution is 2.26. The average molecular weight is 384 g/mol. The van der Waals surface area contributed by atoms with Crippen molar-refractivity contribution in [1.29, 1.82) is 0 Å². The van der Waals surface area contributed by atoms with Gasteiger partial charge in [0.1, 0.15) is 12.4 Å². The van der Waals surface area contributed by atoms with Gasteiger partial charge in [0, 0.05) is 18.7 Å². The van der Waals surface area contributed by atoms with E-state index >= 15 is 0 Å². The first kappa shape index (κ1) is 19.0. The molecule has 0 spiro atoms. The van der Waals surface area contributed by atoms with Crippen LogP contribution in [0.3, 0.4) is 0 Å². The van der Waals surface area contributed by atoms with Gasteiger partial charge in [0.05, 0.1) is 5.60 Å². The second-order valence-electron chi connectivity index (χ2n) is 8.38. The first-order valence-corrected chi connectivity index (χ1v) is 10.1. The molecule has 1 aliphatic heterocycles. The van der Waals surface area contributed by atoms with Crippen LogP contribution in [0.2, 0.25) is 0 Å². The Hall–Kier alpha value is -2.34. The maximum Gasteiger partial charge on any atom is 0.273 e. The Morgan fingerprint density at radius 1 is 1.25 bits per heavy atom. The summed E-state index contributed by atoms with van der Waals surface area (Å²) in [6.45, 7) is 4.98. The van der Waals surface area contributed by atoms with Gasteiger partial charge in [0.15, 0.2) is 11.5 Å². The molecular weight excluding hydrogens is 356 g/mol. The average Bonchev–Trinajstić information content (AvgIpc) is 3.15. The highest BCUT2D eigenvalue weighted by atomic mass is 16.5. The van der Waals surface area contributed by atoms with Crippen molar-refractivity contribution >= 4 is 5.91 Å². The molecule has 0 radical (unpaired) electrons. The van der Waals surface area contributed by atoms with Gasteiger partial charge in [-0.3, -0.25) is 4.79 Å². The Bertz CT molecular complexity index is 843. The summed E-state index contributed by atoms with van der Waals surface area (Å²) in [5, 5.41) is 6.93. The summed E-state index contributed by atoms with van der Waals surface area (Å²) in [5.41, 5.74) is 2.87. The van der Waals surface area contributed by atoms with E-state index in [1.54, 1.807) is 6.07 Å². The number of hydrogen-bond donors (Lipinski definition) is 1.